The van der Waals surface area contributed by atoms with Crippen LogP contribution in [0.5, 0.6) is 0 Å². The summed E-state index contributed by atoms with van der Waals surface area (Å²) < 4.78 is 38.6. The van der Waals surface area contributed by atoms with Gasteiger partial charge in [0.05, 0.1) is 0 Å². The van der Waals surface area contributed by atoms with Gasteiger partial charge in [0.2, 0.25) is 0 Å². The summed E-state index contributed by atoms with van der Waals surface area (Å²) in [6.07, 6.45) is -4.46. The van der Waals surface area contributed by atoms with Gasteiger partial charge in [0.25, 0.3) is 0 Å². The number of anilines is 2. The molecule has 1 aromatic carbocycles. The molecule has 102 valence electrons. The summed E-state index contributed by atoms with van der Waals surface area (Å²) in [6, 6.07) is 2.99. The number of benzene rings is 1. The van der Waals surface area contributed by atoms with Gasteiger partial charge in [-0.15, -0.1) is 0 Å². The summed E-state index contributed by atoms with van der Waals surface area (Å²) >= 11 is 0. The zero-order chi connectivity index (χ0) is 14.1. The van der Waals surface area contributed by atoms with Crippen LogP contribution < -0.4 is 15.5 Å². The molecule has 18 heavy (non-hydrogen) atoms. The second-order valence-corrected chi connectivity index (χ2v) is 4.52. The Morgan fingerprint density at radius 3 is 1.67 bits per heavy atom. The van der Waals surface area contributed by atoms with Gasteiger partial charge in [-0.25, -0.2) is 0 Å². The first-order valence-electron chi connectivity index (χ1n) is 5.46. The van der Waals surface area contributed by atoms with E-state index in [1.807, 2.05) is 0 Å². The molecule has 1 aromatic rings. The molecule has 0 fully saturated rings. The first-order valence-corrected chi connectivity index (χ1v) is 5.46. The van der Waals surface area contributed by atoms with E-state index in [0.29, 0.717) is 11.4 Å². The third-order valence-corrected chi connectivity index (χ3v) is 2.69. The van der Waals surface area contributed by atoms with Crippen molar-refractivity contribution in [2.45, 2.75) is 12.2 Å². The summed E-state index contributed by atoms with van der Waals surface area (Å²) in [5, 5.41) is 0. The average molecular weight is 261 g/mol. The number of alkyl halides is 3. The van der Waals surface area contributed by atoms with E-state index >= 15 is 0 Å². The van der Waals surface area contributed by atoms with Gasteiger partial charge in [-0.1, -0.05) is 6.07 Å². The van der Waals surface area contributed by atoms with Crippen LogP contribution in [-0.2, 0) is 0 Å². The minimum absolute atomic E-state index is 0.0972. The van der Waals surface area contributed by atoms with Crippen molar-refractivity contribution in [2.24, 2.45) is 5.73 Å². The molecule has 1 rings (SSSR count). The third-order valence-electron chi connectivity index (χ3n) is 2.69. The minimum Gasteiger partial charge on any atom is -0.377 e. The lowest BCUT2D eigenvalue weighted by Gasteiger charge is -2.28. The van der Waals surface area contributed by atoms with Crippen LogP contribution in [0.15, 0.2) is 18.2 Å². The summed E-state index contributed by atoms with van der Waals surface area (Å²) in [5.41, 5.74) is 6.42. The maximum Gasteiger partial charge on any atom is 0.407 e. The lowest BCUT2D eigenvalue weighted by molar-refractivity contribution is -0.148. The second-order valence-electron chi connectivity index (χ2n) is 4.52. The molecule has 2 N–H and O–H groups in total. The van der Waals surface area contributed by atoms with Crippen molar-refractivity contribution >= 4 is 11.4 Å². The molecule has 0 aliphatic rings. The molecule has 1 atom stereocenters. The first kappa shape index (κ1) is 14.6. The molecular weight excluding hydrogens is 243 g/mol. The largest absolute Gasteiger partial charge is 0.407 e. The zero-order valence-corrected chi connectivity index (χ0v) is 10.9. The van der Waals surface area contributed by atoms with E-state index < -0.39 is 12.2 Å². The van der Waals surface area contributed by atoms with Crippen molar-refractivity contribution in [2.75, 3.05) is 38.0 Å². The van der Waals surface area contributed by atoms with Gasteiger partial charge in [-0.2, -0.15) is 13.2 Å². The molecule has 0 aromatic heterocycles. The Bertz CT molecular complexity index is 387. The standard InChI is InChI=1S/C12H18F3N3/c1-17(2)8-6-5-7-9(18(3)4)10(8)11(16)12(13,14)15/h5-7,11H,16H2,1-4H3/t11-/m0/s1. The highest BCUT2D eigenvalue weighted by atomic mass is 19.4. The minimum atomic E-state index is -4.46. The van der Waals surface area contributed by atoms with Crippen molar-refractivity contribution in [1.29, 1.82) is 0 Å². The molecule has 6 heteroatoms. The number of hydrogen-bond donors (Lipinski definition) is 1. The molecule has 0 aliphatic carbocycles. The fourth-order valence-corrected chi connectivity index (χ4v) is 1.80. The zero-order valence-electron chi connectivity index (χ0n) is 10.9. The van der Waals surface area contributed by atoms with Crippen molar-refractivity contribution in [3.63, 3.8) is 0 Å². The molecule has 3 nitrogen and oxygen atoms in total. The normalized spacial score (nSPS) is 13.3. The van der Waals surface area contributed by atoms with Crippen molar-refractivity contribution < 1.29 is 13.2 Å². The predicted octanol–water partition coefficient (Wildman–Crippen LogP) is 2.38. The van der Waals surface area contributed by atoms with Crippen molar-refractivity contribution in [3.05, 3.63) is 23.8 Å². The lowest BCUT2D eigenvalue weighted by atomic mass is 10.0. The molecule has 0 radical (unpaired) electrons. The Labute approximate surface area is 105 Å². The van der Waals surface area contributed by atoms with E-state index in [2.05, 4.69) is 0 Å². The van der Waals surface area contributed by atoms with Crippen LogP contribution in [0.3, 0.4) is 0 Å². The topological polar surface area (TPSA) is 32.5 Å². The number of halogens is 3. The Balaban J connectivity index is 3.45. The van der Waals surface area contributed by atoms with E-state index in [1.165, 1.54) is 0 Å². The van der Waals surface area contributed by atoms with Crippen molar-refractivity contribution in [1.82, 2.24) is 0 Å². The Morgan fingerprint density at radius 1 is 1.00 bits per heavy atom. The van der Waals surface area contributed by atoms with Crippen LogP contribution >= 0.6 is 0 Å². The number of nitrogens with zero attached hydrogens (tertiary/aromatic N) is 2. The maximum absolute atomic E-state index is 12.9. The molecule has 0 amide bonds. The highest BCUT2D eigenvalue weighted by Gasteiger charge is 2.40. The maximum atomic E-state index is 12.9. The van der Waals surface area contributed by atoms with Gasteiger partial charge in [0, 0.05) is 45.1 Å². The van der Waals surface area contributed by atoms with Crippen LogP contribution in [0.25, 0.3) is 0 Å². The van der Waals surface area contributed by atoms with Crippen LogP contribution in [0.2, 0.25) is 0 Å². The Morgan fingerprint density at radius 2 is 1.39 bits per heavy atom. The van der Waals surface area contributed by atoms with Crippen LogP contribution in [0, 0.1) is 0 Å². The van der Waals surface area contributed by atoms with E-state index in [-0.39, 0.29) is 5.56 Å². The number of hydrogen-bond acceptors (Lipinski definition) is 3. The van der Waals surface area contributed by atoms with Gasteiger partial charge >= 0.3 is 6.18 Å². The van der Waals surface area contributed by atoms with E-state index in [9.17, 15) is 13.2 Å². The number of nitrogens with two attached hydrogens (primary N) is 1. The SMILES string of the molecule is CN(C)c1cccc(N(C)C)c1[C@H](N)C(F)(F)F. The fraction of sp³-hybridized carbons (Fsp3) is 0.500. The van der Waals surface area contributed by atoms with Gasteiger partial charge in [-0.3, -0.25) is 0 Å². The summed E-state index contributed by atoms with van der Waals surface area (Å²) in [6.45, 7) is 0. The smallest absolute Gasteiger partial charge is 0.377 e. The first-order chi connectivity index (χ1) is 8.16. The lowest BCUT2D eigenvalue weighted by Crippen LogP contribution is -2.32. The van der Waals surface area contributed by atoms with E-state index in [1.54, 1.807) is 56.2 Å². The second kappa shape index (κ2) is 5.06. The highest BCUT2D eigenvalue weighted by Crippen LogP contribution is 2.40. The Kier molecular flexibility index (Phi) is 4.11. The monoisotopic (exact) mass is 261 g/mol. The average Bonchev–Trinajstić information content (AvgIpc) is 2.25. The third kappa shape index (κ3) is 2.87. The van der Waals surface area contributed by atoms with Gasteiger partial charge in [0.15, 0.2) is 0 Å². The van der Waals surface area contributed by atoms with Gasteiger partial charge in [-0.05, 0) is 12.1 Å². The van der Waals surface area contributed by atoms with Crippen LogP contribution in [-0.4, -0.2) is 34.4 Å². The summed E-state index contributed by atoms with van der Waals surface area (Å²) in [5.74, 6) is 0. The van der Waals surface area contributed by atoms with Gasteiger partial charge < -0.3 is 15.5 Å². The molecule has 0 saturated carbocycles. The summed E-state index contributed by atoms with van der Waals surface area (Å²) in [7, 11) is 6.78. The molecule has 0 unspecified atom stereocenters. The molecule has 0 bridgehead atoms. The fourth-order valence-electron chi connectivity index (χ4n) is 1.80. The molecular formula is C12H18F3N3. The molecule has 0 aliphatic heterocycles. The molecule has 0 heterocycles. The number of rotatable bonds is 3. The Hall–Kier alpha value is -1.43. The van der Waals surface area contributed by atoms with Crippen LogP contribution in [0.1, 0.15) is 11.6 Å². The van der Waals surface area contributed by atoms with E-state index in [4.69, 9.17) is 5.73 Å². The summed E-state index contributed by atoms with van der Waals surface area (Å²) in [4.78, 5) is 3.27. The predicted molar refractivity (Wildman–Crippen MR) is 68.1 cm³/mol. The van der Waals surface area contributed by atoms with Crippen molar-refractivity contribution in [3.8, 4) is 0 Å². The van der Waals surface area contributed by atoms with Gasteiger partial charge in [0.1, 0.15) is 6.04 Å². The molecule has 0 spiro atoms. The quantitative estimate of drug-likeness (QED) is 0.906. The van der Waals surface area contributed by atoms with E-state index in [0.717, 1.165) is 0 Å². The van der Waals surface area contributed by atoms with Crippen LogP contribution in [0.4, 0.5) is 24.5 Å². The molecule has 0 saturated heterocycles. The highest BCUT2D eigenvalue weighted by molar-refractivity contribution is 5.68.